The molecule has 120 valence electrons. The van der Waals surface area contributed by atoms with Crippen LogP contribution in [0.3, 0.4) is 0 Å². The third-order valence-corrected chi connectivity index (χ3v) is 4.49. The predicted octanol–water partition coefficient (Wildman–Crippen LogP) is 5.14. The van der Waals surface area contributed by atoms with Crippen LogP contribution >= 0.6 is 11.8 Å². The topological polar surface area (TPSA) is 12.0 Å². The number of halogens is 3. The molecule has 1 N–H and O–H groups in total. The van der Waals surface area contributed by atoms with Crippen molar-refractivity contribution in [3.05, 3.63) is 35.4 Å². The molecule has 0 saturated heterocycles. The molecule has 5 heteroatoms. The summed E-state index contributed by atoms with van der Waals surface area (Å²) in [6.45, 7) is 7.28. The first-order chi connectivity index (χ1) is 9.84. The highest BCUT2D eigenvalue weighted by Crippen LogP contribution is 2.30. The fourth-order valence-electron chi connectivity index (χ4n) is 1.92. The zero-order chi connectivity index (χ0) is 15.9. The molecule has 0 bridgehead atoms. The van der Waals surface area contributed by atoms with Crippen LogP contribution in [-0.4, -0.2) is 18.1 Å². The van der Waals surface area contributed by atoms with Crippen LogP contribution in [0.2, 0.25) is 0 Å². The van der Waals surface area contributed by atoms with Gasteiger partial charge in [0, 0.05) is 11.8 Å². The van der Waals surface area contributed by atoms with Crippen LogP contribution in [-0.2, 0) is 6.18 Å². The molecule has 1 unspecified atom stereocenters. The summed E-state index contributed by atoms with van der Waals surface area (Å²) in [6.07, 6.45) is -3.26. The van der Waals surface area contributed by atoms with Gasteiger partial charge in [-0.25, -0.2) is 0 Å². The Hall–Kier alpha value is -0.680. The highest BCUT2D eigenvalue weighted by Gasteiger charge is 2.30. The number of alkyl halides is 3. The second-order valence-electron chi connectivity index (χ2n) is 5.56. The Labute approximate surface area is 129 Å². The Morgan fingerprint density at radius 2 is 1.71 bits per heavy atom. The van der Waals surface area contributed by atoms with Crippen molar-refractivity contribution in [2.45, 2.75) is 39.4 Å². The average Bonchev–Trinajstić information content (AvgIpc) is 2.41. The van der Waals surface area contributed by atoms with Crippen LogP contribution in [0.25, 0.3) is 0 Å². The molecule has 0 spiro atoms. The summed E-state index contributed by atoms with van der Waals surface area (Å²) in [4.78, 5) is 0. The van der Waals surface area contributed by atoms with E-state index in [4.69, 9.17) is 0 Å². The minimum atomic E-state index is -4.27. The van der Waals surface area contributed by atoms with Crippen LogP contribution in [0.4, 0.5) is 13.2 Å². The van der Waals surface area contributed by atoms with Gasteiger partial charge in [-0.05, 0) is 42.3 Å². The molecule has 0 radical (unpaired) electrons. The number of hydrogen-bond donors (Lipinski definition) is 1. The Kier molecular flexibility index (Phi) is 7.60. The van der Waals surface area contributed by atoms with Crippen LogP contribution < -0.4 is 5.32 Å². The fourth-order valence-corrected chi connectivity index (χ4v) is 3.07. The van der Waals surface area contributed by atoms with Crippen molar-refractivity contribution in [1.29, 1.82) is 0 Å². The zero-order valence-corrected chi connectivity index (χ0v) is 13.7. The molecule has 1 atom stereocenters. The first-order valence-corrected chi connectivity index (χ1v) is 8.48. The van der Waals surface area contributed by atoms with E-state index in [0.717, 1.165) is 30.0 Å². The molecule has 0 amide bonds. The Morgan fingerprint density at radius 3 is 2.19 bits per heavy atom. The molecule has 0 aromatic heterocycles. The van der Waals surface area contributed by atoms with E-state index >= 15 is 0 Å². The van der Waals surface area contributed by atoms with Crippen molar-refractivity contribution in [3.63, 3.8) is 0 Å². The highest BCUT2D eigenvalue weighted by molar-refractivity contribution is 7.99. The summed E-state index contributed by atoms with van der Waals surface area (Å²) in [7, 11) is 0. The van der Waals surface area contributed by atoms with E-state index in [0.29, 0.717) is 5.92 Å². The molecule has 0 saturated carbocycles. The molecule has 0 aliphatic rings. The molecule has 0 aliphatic heterocycles. The normalized spacial score (nSPS) is 13.7. The summed E-state index contributed by atoms with van der Waals surface area (Å²) in [6, 6.07) is 5.63. The van der Waals surface area contributed by atoms with E-state index in [9.17, 15) is 13.2 Å². The van der Waals surface area contributed by atoms with Gasteiger partial charge >= 0.3 is 6.18 Å². The lowest BCUT2D eigenvalue weighted by Gasteiger charge is -2.20. The SMILES string of the molecule is CCCNC(CSCC(C)C)c1ccc(C(F)(F)F)cc1. The van der Waals surface area contributed by atoms with E-state index in [1.165, 1.54) is 12.1 Å². The maximum atomic E-state index is 12.6. The van der Waals surface area contributed by atoms with Crippen molar-refractivity contribution in [2.75, 3.05) is 18.1 Å². The molecule has 0 fully saturated rings. The van der Waals surface area contributed by atoms with Gasteiger partial charge in [-0.15, -0.1) is 0 Å². The number of hydrogen-bond acceptors (Lipinski definition) is 2. The lowest BCUT2D eigenvalue weighted by Crippen LogP contribution is -2.24. The van der Waals surface area contributed by atoms with Gasteiger partial charge in [0.25, 0.3) is 0 Å². The second kappa shape index (κ2) is 8.69. The Morgan fingerprint density at radius 1 is 1.10 bits per heavy atom. The molecule has 0 heterocycles. The van der Waals surface area contributed by atoms with E-state index in [2.05, 4.69) is 26.1 Å². The van der Waals surface area contributed by atoms with Crippen LogP contribution in [0.15, 0.2) is 24.3 Å². The van der Waals surface area contributed by atoms with Gasteiger partial charge in [0.05, 0.1) is 5.56 Å². The largest absolute Gasteiger partial charge is 0.416 e. The van der Waals surface area contributed by atoms with Crippen molar-refractivity contribution < 1.29 is 13.2 Å². The number of benzene rings is 1. The average molecular weight is 319 g/mol. The quantitative estimate of drug-likeness (QED) is 0.712. The molecule has 1 nitrogen and oxygen atoms in total. The van der Waals surface area contributed by atoms with Gasteiger partial charge in [0.15, 0.2) is 0 Å². The first kappa shape index (κ1) is 18.4. The summed E-state index contributed by atoms with van der Waals surface area (Å²) in [5.74, 6) is 2.56. The van der Waals surface area contributed by atoms with Crippen molar-refractivity contribution in [2.24, 2.45) is 5.92 Å². The van der Waals surface area contributed by atoms with Crippen LogP contribution in [0, 0.1) is 5.92 Å². The second-order valence-corrected chi connectivity index (χ2v) is 6.63. The van der Waals surface area contributed by atoms with Gasteiger partial charge in [-0.2, -0.15) is 24.9 Å². The predicted molar refractivity (Wildman–Crippen MR) is 84.6 cm³/mol. The lowest BCUT2D eigenvalue weighted by molar-refractivity contribution is -0.137. The number of nitrogens with one attached hydrogen (secondary N) is 1. The summed E-state index contributed by atoms with van der Waals surface area (Å²) >= 11 is 1.84. The Bertz CT molecular complexity index is 401. The standard InChI is InChI=1S/C16H24F3NS/c1-4-9-20-15(11-21-10-12(2)3)13-5-7-14(8-6-13)16(17,18)19/h5-8,12,15,20H,4,9-11H2,1-3H3. The monoisotopic (exact) mass is 319 g/mol. The lowest BCUT2D eigenvalue weighted by atomic mass is 10.1. The van der Waals surface area contributed by atoms with E-state index in [-0.39, 0.29) is 6.04 Å². The summed E-state index contributed by atoms with van der Waals surface area (Å²) in [5.41, 5.74) is 0.336. The molecule has 21 heavy (non-hydrogen) atoms. The molecular weight excluding hydrogens is 295 g/mol. The molecule has 1 aromatic rings. The third-order valence-electron chi connectivity index (χ3n) is 3.02. The summed E-state index contributed by atoms with van der Waals surface area (Å²) in [5, 5.41) is 3.42. The van der Waals surface area contributed by atoms with Crippen LogP contribution in [0.1, 0.15) is 44.4 Å². The zero-order valence-electron chi connectivity index (χ0n) is 12.8. The number of rotatable bonds is 8. The smallest absolute Gasteiger partial charge is 0.309 e. The highest BCUT2D eigenvalue weighted by atomic mass is 32.2. The van der Waals surface area contributed by atoms with E-state index in [1.807, 2.05) is 11.8 Å². The van der Waals surface area contributed by atoms with Gasteiger partial charge in [0.1, 0.15) is 0 Å². The molecule has 1 rings (SSSR count). The maximum Gasteiger partial charge on any atom is 0.416 e. The number of thioether (sulfide) groups is 1. The van der Waals surface area contributed by atoms with Crippen molar-refractivity contribution >= 4 is 11.8 Å². The van der Waals surface area contributed by atoms with Gasteiger partial charge in [-0.3, -0.25) is 0 Å². The van der Waals surface area contributed by atoms with Gasteiger partial charge < -0.3 is 5.32 Å². The maximum absolute atomic E-state index is 12.6. The molecule has 0 aliphatic carbocycles. The van der Waals surface area contributed by atoms with Crippen molar-refractivity contribution in [1.82, 2.24) is 5.32 Å². The van der Waals surface area contributed by atoms with E-state index in [1.54, 1.807) is 12.1 Å². The molecular formula is C16H24F3NS. The summed E-state index contributed by atoms with van der Waals surface area (Å²) < 4.78 is 37.8. The van der Waals surface area contributed by atoms with Gasteiger partial charge in [-0.1, -0.05) is 32.9 Å². The third kappa shape index (κ3) is 6.74. The van der Waals surface area contributed by atoms with Crippen molar-refractivity contribution in [3.8, 4) is 0 Å². The Balaban J connectivity index is 2.72. The minimum Gasteiger partial charge on any atom is -0.309 e. The van der Waals surface area contributed by atoms with E-state index < -0.39 is 11.7 Å². The first-order valence-electron chi connectivity index (χ1n) is 7.32. The van der Waals surface area contributed by atoms with Gasteiger partial charge in [0.2, 0.25) is 0 Å². The van der Waals surface area contributed by atoms with Crippen LogP contribution in [0.5, 0.6) is 0 Å². The minimum absolute atomic E-state index is 0.107. The molecule has 1 aromatic carbocycles. The fraction of sp³-hybridized carbons (Fsp3) is 0.625.